The summed E-state index contributed by atoms with van der Waals surface area (Å²) < 4.78 is 11.6. The van der Waals surface area contributed by atoms with E-state index in [1.165, 1.54) is 0 Å². The summed E-state index contributed by atoms with van der Waals surface area (Å²) in [7, 11) is 0. The highest BCUT2D eigenvalue weighted by Crippen LogP contribution is 2.43. The molecule has 0 unspecified atom stereocenters. The van der Waals surface area contributed by atoms with Gasteiger partial charge in [-0.05, 0) is 128 Å². The van der Waals surface area contributed by atoms with Crippen LogP contribution in [0, 0.1) is 10.8 Å². The monoisotopic (exact) mass is 602 g/mol. The average molecular weight is 603 g/mol. The number of likely N-dealkylation sites (tertiary alicyclic amines) is 2. The Bertz CT molecular complexity index is 1140. The van der Waals surface area contributed by atoms with E-state index >= 15 is 0 Å². The molecule has 5 rings (SSSR count). The SMILES string of the molecule is CC(C)(C)OC(=O)N1CCC2(CCN(c3ccc(CCC(C)(C)OC(=O)N4CCC5(CCNCC5)C4)cc3Cl)CC2)C1. The molecule has 0 aromatic heterocycles. The van der Waals surface area contributed by atoms with Crippen molar-refractivity contribution in [1.29, 1.82) is 0 Å². The van der Waals surface area contributed by atoms with Gasteiger partial charge in [-0.15, -0.1) is 0 Å². The smallest absolute Gasteiger partial charge is 0.410 e. The van der Waals surface area contributed by atoms with Crippen molar-refractivity contribution >= 4 is 29.5 Å². The molecule has 2 amide bonds. The third-order valence-corrected chi connectivity index (χ3v) is 10.3. The van der Waals surface area contributed by atoms with Gasteiger partial charge in [-0.3, -0.25) is 0 Å². The highest BCUT2D eigenvalue weighted by Gasteiger charge is 2.44. The number of hydrogen-bond donors (Lipinski definition) is 1. The van der Waals surface area contributed by atoms with Crippen LogP contribution in [-0.2, 0) is 15.9 Å². The van der Waals surface area contributed by atoms with Crippen LogP contribution in [0.3, 0.4) is 0 Å². The van der Waals surface area contributed by atoms with Crippen molar-refractivity contribution in [3.63, 3.8) is 0 Å². The summed E-state index contributed by atoms with van der Waals surface area (Å²) in [5.41, 5.74) is 1.65. The lowest BCUT2D eigenvalue weighted by molar-refractivity contribution is 0.0100. The van der Waals surface area contributed by atoms with Gasteiger partial charge in [-0.1, -0.05) is 17.7 Å². The zero-order valence-corrected chi connectivity index (χ0v) is 27.2. The molecule has 4 saturated heterocycles. The molecule has 2 spiro atoms. The van der Waals surface area contributed by atoms with Gasteiger partial charge in [0.05, 0.1) is 10.7 Å². The number of rotatable bonds is 5. The van der Waals surface area contributed by atoms with Crippen LogP contribution in [0.25, 0.3) is 0 Å². The molecule has 4 heterocycles. The van der Waals surface area contributed by atoms with E-state index in [9.17, 15) is 9.59 Å². The van der Waals surface area contributed by atoms with Crippen LogP contribution in [0.5, 0.6) is 0 Å². The average Bonchev–Trinajstić information content (AvgIpc) is 3.53. The highest BCUT2D eigenvalue weighted by atomic mass is 35.5. The minimum Gasteiger partial charge on any atom is -0.444 e. The molecule has 42 heavy (non-hydrogen) atoms. The number of ether oxygens (including phenoxy) is 2. The quantitative estimate of drug-likeness (QED) is 0.415. The van der Waals surface area contributed by atoms with Gasteiger partial charge in [-0.25, -0.2) is 9.59 Å². The third-order valence-electron chi connectivity index (χ3n) is 10.0. The zero-order chi connectivity index (χ0) is 30.2. The first kappa shape index (κ1) is 31.2. The number of aryl methyl sites for hydroxylation is 1. The predicted molar refractivity (Wildman–Crippen MR) is 167 cm³/mol. The molecule has 0 bridgehead atoms. The summed E-state index contributed by atoms with van der Waals surface area (Å²) in [5.74, 6) is 0. The number of anilines is 1. The van der Waals surface area contributed by atoms with Crippen LogP contribution in [0.1, 0.15) is 85.1 Å². The highest BCUT2D eigenvalue weighted by molar-refractivity contribution is 6.33. The van der Waals surface area contributed by atoms with Crippen molar-refractivity contribution in [2.45, 2.75) is 97.2 Å². The Morgan fingerprint density at radius 2 is 1.38 bits per heavy atom. The molecule has 0 saturated carbocycles. The fourth-order valence-corrected chi connectivity index (χ4v) is 7.59. The minimum atomic E-state index is -0.554. The lowest BCUT2D eigenvalue weighted by Crippen LogP contribution is -2.43. The molecule has 4 fully saturated rings. The molecule has 0 aliphatic carbocycles. The van der Waals surface area contributed by atoms with E-state index in [1.807, 2.05) is 44.4 Å². The first-order chi connectivity index (χ1) is 19.8. The fourth-order valence-electron chi connectivity index (χ4n) is 7.26. The number of halogens is 1. The predicted octanol–water partition coefficient (Wildman–Crippen LogP) is 6.49. The lowest BCUT2D eigenvalue weighted by Gasteiger charge is -2.40. The van der Waals surface area contributed by atoms with E-state index in [-0.39, 0.29) is 23.0 Å². The van der Waals surface area contributed by atoms with Crippen LogP contribution in [0.4, 0.5) is 15.3 Å². The topological polar surface area (TPSA) is 74.4 Å². The van der Waals surface area contributed by atoms with Crippen molar-refractivity contribution in [2.75, 3.05) is 57.3 Å². The molecule has 234 valence electrons. The van der Waals surface area contributed by atoms with E-state index in [0.717, 1.165) is 120 Å². The Morgan fingerprint density at radius 1 is 0.833 bits per heavy atom. The van der Waals surface area contributed by atoms with Crippen LogP contribution < -0.4 is 10.2 Å². The Labute approximate surface area is 257 Å². The van der Waals surface area contributed by atoms with Crippen molar-refractivity contribution < 1.29 is 19.1 Å². The minimum absolute atomic E-state index is 0.173. The Balaban J connectivity index is 1.09. The van der Waals surface area contributed by atoms with E-state index in [2.05, 4.69) is 28.4 Å². The summed E-state index contributed by atoms with van der Waals surface area (Å²) >= 11 is 6.82. The molecular weight excluding hydrogens is 552 g/mol. The largest absolute Gasteiger partial charge is 0.444 e. The number of nitrogens with zero attached hydrogens (tertiary/aromatic N) is 3. The maximum atomic E-state index is 13.0. The van der Waals surface area contributed by atoms with Crippen LogP contribution in [0.15, 0.2) is 18.2 Å². The number of carbonyl (C=O) groups is 2. The van der Waals surface area contributed by atoms with Gasteiger partial charge in [0, 0.05) is 39.3 Å². The number of amides is 2. The van der Waals surface area contributed by atoms with Gasteiger partial charge in [-0.2, -0.15) is 0 Å². The maximum absolute atomic E-state index is 13.0. The van der Waals surface area contributed by atoms with Gasteiger partial charge in [0.2, 0.25) is 0 Å². The van der Waals surface area contributed by atoms with Crippen molar-refractivity contribution in [2.24, 2.45) is 10.8 Å². The first-order valence-electron chi connectivity index (χ1n) is 16.0. The van der Waals surface area contributed by atoms with Crippen molar-refractivity contribution in [3.8, 4) is 0 Å². The van der Waals surface area contributed by atoms with Gasteiger partial charge in [0.1, 0.15) is 11.2 Å². The zero-order valence-electron chi connectivity index (χ0n) is 26.4. The lowest BCUT2D eigenvalue weighted by atomic mass is 9.77. The second kappa shape index (κ2) is 12.1. The molecule has 4 aliphatic heterocycles. The number of benzene rings is 1. The summed E-state index contributed by atoms with van der Waals surface area (Å²) in [6.07, 6.45) is 7.63. The molecule has 0 radical (unpaired) electrons. The fraction of sp³-hybridized carbons (Fsp3) is 0.758. The van der Waals surface area contributed by atoms with E-state index in [1.54, 1.807) is 0 Å². The molecule has 9 heteroatoms. The summed E-state index contributed by atoms with van der Waals surface area (Å²) in [5, 5.41) is 4.20. The van der Waals surface area contributed by atoms with Gasteiger partial charge in [0.25, 0.3) is 0 Å². The normalized spacial score (nSPS) is 22.2. The van der Waals surface area contributed by atoms with Crippen molar-refractivity contribution in [3.05, 3.63) is 28.8 Å². The van der Waals surface area contributed by atoms with Crippen molar-refractivity contribution in [1.82, 2.24) is 15.1 Å². The van der Waals surface area contributed by atoms with Crippen LogP contribution in [-0.4, -0.2) is 85.5 Å². The van der Waals surface area contributed by atoms with Crippen LogP contribution in [0.2, 0.25) is 5.02 Å². The first-order valence-corrected chi connectivity index (χ1v) is 16.3. The third kappa shape index (κ3) is 7.47. The maximum Gasteiger partial charge on any atom is 0.410 e. The van der Waals surface area contributed by atoms with Gasteiger partial charge < -0.3 is 29.5 Å². The second-order valence-corrected chi connectivity index (χ2v) is 15.4. The molecule has 4 aliphatic rings. The summed E-state index contributed by atoms with van der Waals surface area (Å²) in [6, 6.07) is 6.37. The number of nitrogens with one attached hydrogen (secondary N) is 1. The van der Waals surface area contributed by atoms with E-state index in [4.69, 9.17) is 21.1 Å². The molecule has 1 aromatic carbocycles. The standard InChI is InChI=1S/C33H51ClN4O4/c1-30(2,3)41-28(39)37-21-15-33(24-37)12-18-36(19-13-33)27-7-6-25(22-26(27)34)8-9-31(4,5)42-29(40)38-20-14-32(23-38)10-16-35-17-11-32/h6-7,22,35H,8-21,23-24H2,1-5H3. The Kier molecular flexibility index (Phi) is 8.98. The molecule has 1 aromatic rings. The van der Waals surface area contributed by atoms with Gasteiger partial charge in [0.15, 0.2) is 0 Å². The Hall–Kier alpha value is -2.19. The molecule has 8 nitrogen and oxygen atoms in total. The summed E-state index contributed by atoms with van der Waals surface area (Å²) in [6.45, 7) is 16.9. The second-order valence-electron chi connectivity index (χ2n) is 15.0. The van der Waals surface area contributed by atoms with Gasteiger partial charge >= 0.3 is 12.2 Å². The number of hydrogen-bond acceptors (Lipinski definition) is 6. The number of carbonyl (C=O) groups excluding carboxylic acids is 2. The molecule has 0 atom stereocenters. The molecular formula is C33H51ClN4O4. The summed E-state index contributed by atoms with van der Waals surface area (Å²) in [4.78, 5) is 31.8. The van der Waals surface area contributed by atoms with E-state index in [0.29, 0.717) is 0 Å². The Morgan fingerprint density at radius 3 is 1.95 bits per heavy atom. The van der Waals surface area contributed by atoms with Crippen LogP contribution >= 0.6 is 11.6 Å². The molecule has 1 N–H and O–H groups in total. The number of piperidine rings is 2. The van der Waals surface area contributed by atoms with E-state index < -0.39 is 11.2 Å².